The number of benzene rings is 2. The van der Waals surface area contributed by atoms with Crippen molar-refractivity contribution in [3.8, 4) is 0 Å². The number of thiazole rings is 1. The number of amides is 1. The minimum atomic E-state index is 0.0867. The Morgan fingerprint density at radius 3 is 2.70 bits per heavy atom. The smallest absolute Gasteiger partial charge is 0.224 e. The summed E-state index contributed by atoms with van der Waals surface area (Å²) in [5.74, 6) is 0.0867. The summed E-state index contributed by atoms with van der Waals surface area (Å²) in [4.78, 5) is 16.6. The van der Waals surface area contributed by atoms with Gasteiger partial charge in [0.25, 0.3) is 0 Å². The molecule has 0 unspecified atom stereocenters. The molecule has 1 aromatic heterocycles. The molecule has 0 saturated carbocycles. The largest absolute Gasteiger partial charge is 0.326 e. The van der Waals surface area contributed by atoms with Gasteiger partial charge in [0, 0.05) is 12.1 Å². The predicted octanol–water partition coefficient (Wildman–Crippen LogP) is 4.96. The van der Waals surface area contributed by atoms with Crippen molar-refractivity contribution in [2.75, 3.05) is 5.32 Å². The van der Waals surface area contributed by atoms with Gasteiger partial charge in [-0.15, -0.1) is 11.3 Å². The molecule has 3 aromatic rings. The van der Waals surface area contributed by atoms with Gasteiger partial charge >= 0.3 is 0 Å². The van der Waals surface area contributed by atoms with E-state index in [1.807, 2.05) is 49.4 Å². The average Bonchev–Trinajstić information content (AvgIpc) is 2.96. The molecule has 1 heterocycles. The lowest BCUT2D eigenvalue weighted by molar-refractivity contribution is -0.116. The first-order valence-electron chi connectivity index (χ1n) is 7.92. The molecule has 0 bridgehead atoms. The third-order valence-corrected chi connectivity index (χ3v) is 4.90. The summed E-state index contributed by atoms with van der Waals surface area (Å²) in [6.45, 7) is 2.00. The van der Waals surface area contributed by atoms with Crippen LogP contribution in [0.1, 0.15) is 29.8 Å². The zero-order chi connectivity index (χ0) is 16.1. The first-order chi connectivity index (χ1) is 11.2. The third-order valence-electron chi connectivity index (χ3n) is 3.80. The van der Waals surface area contributed by atoms with Crippen LogP contribution in [-0.2, 0) is 11.2 Å². The molecular formula is C19H20N2OS. The van der Waals surface area contributed by atoms with Crippen LogP contribution in [0.5, 0.6) is 0 Å². The van der Waals surface area contributed by atoms with Gasteiger partial charge < -0.3 is 5.32 Å². The zero-order valence-corrected chi connectivity index (χ0v) is 14.0. The van der Waals surface area contributed by atoms with Crippen LogP contribution in [0.3, 0.4) is 0 Å². The lowest BCUT2D eigenvalue weighted by atomic mass is 10.1. The maximum atomic E-state index is 12.0. The van der Waals surface area contributed by atoms with E-state index in [2.05, 4.69) is 16.4 Å². The minimum Gasteiger partial charge on any atom is -0.326 e. The van der Waals surface area contributed by atoms with Crippen LogP contribution in [-0.4, -0.2) is 10.9 Å². The fourth-order valence-corrected chi connectivity index (χ4v) is 3.52. The second-order valence-corrected chi connectivity index (χ2v) is 6.76. The molecule has 3 rings (SSSR count). The number of nitrogens with zero attached hydrogens (tertiary/aromatic N) is 1. The molecule has 0 saturated heterocycles. The molecule has 0 atom stereocenters. The Morgan fingerprint density at radius 1 is 1.09 bits per heavy atom. The minimum absolute atomic E-state index is 0.0867. The molecule has 0 spiro atoms. The number of anilines is 1. The van der Waals surface area contributed by atoms with Crippen molar-refractivity contribution in [3.63, 3.8) is 0 Å². The summed E-state index contributed by atoms with van der Waals surface area (Å²) in [6.07, 6.45) is 3.37. The summed E-state index contributed by atoms with van der Waals surface area (Å²) in [5, 5.41) is 4.14. The molecule has 0 fully saturated rings. The molecule has 118 valence electrons. The van der Waals surface area contributed by atoms with Gasteiger partial charge in [-0.05, 0) is 49.9 Å². The number of fused-ring (bicyclic) bond motifs is 1. The molecule has 0 aliphatic carbocycles. The number of para-hydroxylation sites is 2. The van der Waals surface area contributed by atoms with Gasteiger partial charge in [-0.25, -0.2) is 4.98 Å². The first kappa shape index (κ1) is 15.7. The SMILES string of the molecule is Cc1ccccc1NC(=O)CCCCc1nc2ccccc2s1. The number of carbonyl (C=O) groups excluding carboxylic acids is 1. The number of nitrogens with one attached hydrogen (secondary N) is 1. The summed E-state index contributed by atoms with van der Waals surface area (Å²) in [5.41, 5.74) is 3.07. The van der Waals surface area contributed by atoms with Crippen LogP contribution in [0.2, 0.25) is 0 Å². The molecule has 4 heteroatoms. The Kier molecular flexibility index (Phi) is 5.03. The quantitative estimate of drug-likeness (QED) is 0.651. The van der Waals surface area contributed by atoms with Crippen molar-refractivity contribution in [2.24, 2.45) is 0 Å². The number of rotatable bonds is 6. The number of unbranched alkanes of at least 4 members (excludes halogenated alkanes) is 1. The summed E-state index contributed by atoms with van der Waals surface area (Å²) < 4.78 is 1.24. The van der Waals surface area contributed by atoms with E-state index in [-0.39, 0.29) is 5.91 Å². The normalized spacial score (nSPS) is 10.8. The van der Waals surface area contributed by atoms with E-state index in [4.69, 9.17) is 0 Å². The standard InChI is InChI=1S/C19H20N2OS/c1-14-8-2-3-9-15(14)20-18(22)12-6-7-13-19-21-16-10-4-5-11-17(16)23-19/h2-5,8-11H,6-7,12-13H2,1H3,(H,20,22). The lowest BCUT2D eigenvalue weighted by Crippen LogP contribution is -2.12. The van der Waals surface area contributed by atoms with E-state index >= 15 is 0 Å². The van der Waals surface area contributed by atoms with E-state index in [0.717, 1.165) is 41.0 Å². The molecule has 0 aliphatic heterocycles. The van der Waals surface area contributed by atoms with Gasteiger partial charge in [0.2, 0.25) is 5.91 Å². The third kappa shape index (κ3) is 4.17. The fourth-order valence-electron chi connectivity index (χ4n) is 2.51. The van der Waals surface area contributed by atoms with Crippen molar-refractivity contribution < 1.29 is 4.79 Å². The topological polar surface area (TPSA) is 42.0 Å². The number of aryl methyl sites for hydroxylation is 2. The summed E-state index contributed by atoms with van der Waals surface area (Å²) in [6, 6.07) is 16.1. The maximum absolute atomic E-state index is 12.0. The molecule has 0 radical (unpaired) electrons. The number of carbonyl (C=O) groups is 1. The van der Waals surface area contributed by atoms with E-state index in [9.17, 15) is 4.79 Å². The second kappa shape index (κ2) is 7.38. The van der Waals surface area contributed by atoms with E-state index in [0.29, 0.717) is 6.42 Å². The predicted molar refractivity (Wildman–Crippen MR) is 97.0 cm³/mol. The van der Waals surface area contributed by atoms with Crippen molar-refractivity contribution in [1.82, 2.24) is 4.98 Å². The van der Waals surface area contributed by atoms with E-state index < -0.39 is 0 Å². The molecule has 3 nitrogen and oxygen atoms in total. The van der Waals surface area contributed by atoms with Gasteiger partial charge in [-0.3, -0.25) is 4.79 Å². The molecule has 2 aromatic carbocycles. The lowest BCUT2D eigenvalue weighted by Gasteiger charge is -2.07. The van der Waals surface area contributed by atoms with E-state index in [1.54, 1.807) is 11.3 Å². The van der Waals surface area contributed by atoms with Crippen molar-refractivity contribution >= 4 is 33.1 Å². The Bertz CT molecular complexity index is 777. The average molecular weight is 324 g/mol. The number of hydrogen-bond acceptors (Lipinski definition) is 3. The highest BCUT2D eigenvalue weighted by molar-refractivity contribution is 7.18. The van der Waals surface area contributed by atoms with Crippen LogP contribution in [0.4, 0.5) is 5.69 Å². The molecule has 0 aliphatic rings. The van der Waals surface area contributed by atoms with Gasteiger partial charge in [-0.1, -0.05) is 30.3 Å². The molecular weight excluding hydrogens is 304 g/mol. The monoisotopic (exact) mass is 324 g/mol. The summed E-state index contributed by atoms with van der Waals surface area (Å²) >= 11 is 1.75. The van der Waals surface area contributed by atoms with Gasteiger partial charge in [0.05, 0.1) is 15.2 Å². The molecule has 1 amide bonds. The van der Waals surface area contributed by atoms with Gasteiger partial charge in [0.1, 0.15) is 0 Å². The Morgan fingerprint density at radius 2 is 1.87 bits per heavy atom. The number of aromatic nitrogens is 1. The highest BCUT2D eigenvalue weighted by atomic mass is 32.1. The maximum Gasteiger partial charge on any atom is 0.224 e. The van der Waals surface area contributed by atoms with Crippen LogP contribution in [0.15, 0.2) is 48.5 Å². The highest BCUT2D eigenvalue weighted by Gasteiger charge is 2.06. The fraction of sp³-hybridized carbons (Fsp3) is 0.263. The van der Waals surface area contributed by atoms with E-state index in [1.165, 1.54) is 4.70 Å². The Balaban J connectivity index is 1.44. The van der Waals surface area contributed by atoms with Crippen molar-refractivity contribution in [2.45, 2.75) is 32.6 Å². The van der Waals surface area contributed by atoms with Crippen molar-refractivity contribution in [1.29, 1.82) is 0 Å². The van der Waals surface area contributed by atoms with Crippen LogP contribution >= 0.6 is 11.3 Å². The first-order valence-corrected chi connectivity index (χ1v) is 8.74. The van der Waals surface area contributed by atoms with Crippen LogP contribution in [0, 0.1) is 6.92 Å². The Labute approximate surface area is 140 Å². The van der Waals surface area contributed by atoms with Gasteiger partial charge in [-0.2, -0.15) is 0 Å². The number of hydrogen-bond donors (Lipinski definition) is 1. The molecule has 1 N–H and O–H groups in total. The van der Waals surface area contributed by atoms with Crippen LogP contribution < -0.4 is 5.32 Å². The highest BCUT2D eigenvalue weighted by Crippen LogP contribution is 2.23. The van der Waals surface area contributed by atoms with Gasteiger partial charge in [0.15, 0.2) is 0 Å². The Hall–Kier alpha value is -2.20. The van der Waals surface area contributed by atoms with Crippen molar-refractivity contribution in [3.05, 3.63) is 59.1 Å². The van der Waals surface area contributed by atoms with Crippen LogP contribution in [0.25, 0.3) is 10.2 Å². The second-order valence-electron chi connectivity index (χ2n) is 5.65. The zero-order valence-electron chi connectivity index (χ0n) is 13.2. The summed E-state index contributed by atoms with van der Waals surface area (Å²) in [7, 11) is 0. The molecule has 23 heavy (non-hydrogen) atoms.